The van der Waals surface area contributed by atoms with Crippen molar-refractivity contribution in [1.29, 1.82) is 0 Å². The van der Waals surface area contributed by atoms with Gasteiger partial charge in [-0.1, -0.05) is 48.5 Å². The van der Waals surface area contributed by atoms with Crippen LogP contribution in [0.15, 0.2) is 71.8 Å². The minimum Gasteiger partial charge on any atom is -0.426 e. The number of amides is 1. The Balaban J connectivity index is 1.59. The molecule has 1 amide bonds. The van der Waals surface area contributed by atoms with E-state index in [1.54, 1.807) is 24.3 Å². The third kappa shape index (κ3) is 4.92. The zero-order chi connectivity index (χ0) is 19.1. The van der Waals surface area contributed by atoms with Crippen LogP contribution < -0.4 is 15.5 Å². The quantitative estimate of drug-likeness (QED) is 0.305. The summed E-state index contributed by atoms with van der Waals surface area (Å²) in [5, 5.41) is 9.19. The van der Waals surface area contributed by atoms with Gasteiger partial charge in [-0.25, -0.2) is 5.43 Å². The third-order valence-electron chi connectivity index (χ3n) is 3.79. The number of fused-ring (bicyclic) bond motifs is 1. The van der Waals surface area contributed by atoms with Crippen LogP contribution in [0, 0.1) is 0 Å². The molecule has 0 spiro atoms. The third-order valence-corrected chi connectivity index (χ3v) is 3.79. The molecular weight excluding hydrogens is 342 g/mol. The van der Waals surface area contributed by atoms with Crippen LogP contribution in [0.2, 0.25) is 0 Å². The lowest BCUT2D eigenvalue weighted by Crippen LogP contribution is -2.26. The molecule has 27 heavy (non-hydrogen) atoms. The Kier molecular flexibility index (Phi) is 5.79. The van der Waals surface area contributed by atoms with Crippen LogP contribution in [-0.2, 0) is 9.59 Å². The summed E-state index contributed by atoms with van der Waals surface area (Å²) in [5.41, 5.74) is 3.93. The van der Waals surface area contributed by atoms with Gasteiger partial charge in [0.1, 0.15) is 5.75 Å². The molecule has 2 N–H and O–H groups in total. The second kappa shape index (κ2) is 8.62. The molecule has 0 saturated heterocycles. The van der Waals surface area contributed by atoms with Gasteiger partial charge >= 0.3 is 5.97 Å². The Labute approximate surface area is 156 Å². The molecule has 0 fully saturated rings. The highest BCUT2D eigenvalue weighted by atomic mass is 16.5. The highest BCUT2D eigenvalue weighted by Crippen LogP contribution is 2.22. The summed E-state index contributed by atoms with van der Waals surface area (Å²) in [6.45, 7) is 1.41. The Morgan fingerprint density at radius 3 is 2.59 bits per heavy atom. The van der Waals surface area contributed by atoms with E-state index in [1.807, 2.05) is 42.5 Å². The normalized spacial score (nSPS) is 10.7. The van der Waals surface area contributed by atoms with Crippen molar-refractivity contribution in [3.63, 3.8) is 0 Å². The van der Waals surface area contributed by atoms with Crippen molar-refractivity contribution in [2.75, 3.05) is 11.9 Å². The van der Waals surface area contributed by atoms with E-state index in [0.29, 0.717) is 11.3 Å². The molecule has 0 saturated carbocycles. The fraction of sp³-hybridized carbons (Fsp3) is 0.0952. The first-order chi connectivity index (χ1) is 13.1. The molecule has 0 bridgehead atoms. The molecule has 0 unspecified atom stereocenters. The highest BCUT2D eigenvalue weighted by molar-refractivity contribution is 5.95. The maximum absolute atomic E-state index is 12.0. The van der Waals surface area contributed by atoms with Gasteiger partial charge in [-0.15, -0.1) is 0 Å². The average Bonchev–Trinajstić information content (AvgIpc) is 2.67. The monoisotopic (exact) mass is 361 g/mol. The topological polar surface area (TPSA) is 79.8 Å². The largest absolute Gasteiger partial charge is 0.426 e. The van der Waals surface area contributed by atoms with Crippen LogP contribution in [-0.4, -0.2) is 24.6 Å². The number of hydrogen-bond acceptors (Lipinski definition) is 5. The van der Waals surface area contributed by atoms with Crippen molar-refractivity contribution in [2.24, 2.45) is 5.10 Å². The lowest BCUT2D eigenvalue weighted by Gasteiger charge is -2.09. The van der Waals surface area contributed by atoms with E-state index in [9.17, 15) is 9.59 Å². The molecule has 3 aromatic rings. The number of para-hydroxylation sites is 1. The van der Waals surface area contributed by atoms with Gasteiger partial charge in [0.15, 0.2) is 0 Å². The van der Waals surface area contributed by atoms with E-state index in [-0.39, 0.29) is 12.5 Å². The molecule has 6 heteroatoms. The van der Waals surface area contributed by atoms with Gasteiger partial charge in [-0.2, -0.15) is 5.10 Å². The first kappa shape index (κ1) is 18.1. The number of anilines is 1. The van der Waals surface area contributed by atoms with Crippen molar-refractivity contribution in [2.45, 2.75) is 6.92 Å². The first-order valence-corrected chi connectivity index (χ1v) is 8.44. The van der Waals surface area contributed by atoms with Crippen LogP contribution in [0.25, 0.3) is 10.8 Å². The molecule has 0 aliphatic carbocycles. The summed E-state index contributed by atoms with van der Waals surface area (Å²) >= 11 is 0. The highest BCUT2D eigenvalue weighted by Gasteiger charge is 2.05. The fourth-order valence-corrected chi connectivity index (χ4v) is 2.60. The molecule has 0 radical (unpaired) electrons. The van der Waals surface area contributed by atoms with Crippen LogP contribution in [0.1, 0.15) is 12.5 Å². The number of nitrogens with one attached hydrogen (secondary N) is 2. The van der Waals surface area contributed by atoms with Crippen molar-refractivity contribution < 1.29 is 14.3 Å². The maximum atomic E-state index is 12.0. The fourth-order valence-electron chi connectivity index (χ4n) is 2.60. The molecule has 0 heterocycles. The van der Waals surface area contributed by atoms with E-state index in [1.165, 1.54) is 13.1 Å². The molecule has 0 aliphatic heterocycles. The number of ether oxygens (including phenoxy) is 1. The van der Waals surface area contributed by atoms with Crippen LogP contribution >= 0.6 is 0 Å². The molecule has 3 rings (SSSR count). The minimum atomic E-state index is -0.417. The summed E-state index contributed by atoms with van der Waals surface area (Å²) in [6, 6.07) is 20.8. The second-order valence-corrected chi connectivity index (χ2v) is 5.80. The lowest BCUT2D eigenvalue weighted by molar-refractivity contribution is -0.131. The Bertz CT molecular complexity index is 993. The van der Waals surface area contributed by atoms with Crippen LogP contribution in [0.4, 0.5) is 5.69 Å². The Morgan fingerprint density at radius 1 is 1.00 bits per heavy atom. The SMILES string of the molecule is CC(=O)Oc1ccccc1/C=N/NC(=O)CNc1cccc2ccccc12. The predicted molar refractivity (Wildman–Crippen MR) is 106 cm³/mol. The molecule has 6 nitrogen and oxygen atoms in total. The molecular formula is C21H19N3O3. The standard InChI is InChI=1S/C21H19N3O3/c1-15(25)27-20-12-5-3-8-17(20)13-23-24-21(26)14-22-19-11-6-9-16-7-2-4-10-18(16)19/h2-13,22H,14H2,1H3,(H,24,26)/b23-13+. The van der Waals surface area contributed by atoms with E-state index in [2.05, 4.69) is 15.8 Å². The minimum absolute atomic E-state index is 0.0803. The summed E-state index contributed by atoms with van der Waals surface area (Å²) < 4.78 is 5.09. The van der Waals surface area contributed by atoms with Crippen molar-refractivity contribution in [3.8, 4) is 5.75 Å². The van der Waals surface area contributed by atoms with Gasteiger partial charge in [0, 0.05) is 23.6 Å². The van der Waals surface area contributed by atoms with E-state index in [0.717, 1.165) is 16.5 Å². The van der Waals surface area contributed by atoms with E-state index < -0.39 is 5.97 Å². The summed E-state index contributed by atoms with van der Waals surface area (Å²) in [4.78, 5) is 23.1. The predicted octanol–water partition coefficient (Wildman–Crippen LogP) is 3.33. The zero-order valence-corrected chi connectivity index (χ0v) is 14.8. The van der Waals surface area contributed by atoms with Gasteiger partial charge in [0.2, 0.25) is 0 Å². The summed E-state index contributed by atoms with van der Waals surface area (Å²) in [7, 11) is 0. The molecule has 0 aromatic heterocycles. The lowest BCUT2D eigenvalue weighted by atomic mass is 10.1. The number of nitrogens with zero attached hydrogens (tertiary/aromatic N) is 1. The smallest absolute Gasteiger partial charge is 0.308 e. The van der Waals surface area contributed by atoms with Gasteiger partial charge in [-0.05, 0) is 23.6 Å². The number of esters is 1. The summed E-state index contributed by atoms with van der Waals surface area (Å²) in [6.07, 6.45) is 1.44. The van der Waals surface area contributed by atoms with E-state index in [4.69, 9.17) is 4.74 Å². The van der Waals surface area contributed by atoms with Crippen molar-refractivity contribution >= 4 is 34.6 Å². The maximum Gasteiger partial charge on any atom is 0.308 e. The van der Waals surface area contributed by atoms with Gasteiger partial charge in [0.05, 0.1) is 12.8 Å². The Morgan fingerprint density at radius 2 is 1.74 bits per heavy atom. The second-order valence-electron chi connectivity index (χ2n) is 5.80. The average molecular weight is 361 g/mol. The van der Waals surface area contributed by atoms with Gasteiger partial charge in [0.25, 0.3) is 5.91 Å². The Hall–Kier alpha value is -3.67. The molecule has 0 aliphatic rings. The van der Waals surface area contributed by atoms with Crippen LogP contribution in [0.3, 0.4) is 0 Å². The van der Waals surface area contributed by atoms with Gasteiger partial charge < -0.3 is 10.1 Å². The number of carbonyl (C=O) groups is 2. The zero-order valence-electron chi connectivity index (χ0n) is 14.8. The number of benzene rings is 3. The van der Waals surface area contributed by atoms with Crippen molar-refractivity contribution in [3.05, 3.63) is 72.3 Å². The number of rotatable bonds is 6. The van der Waals surface area contributed by atoms with Crippen molar-refractivity contribution in [1.82, 2.24) is 5.43 Å². The first-order valence-electron chi connectivity index (χ1n) is 8.44. The summed E-state index contributed by atoms with van der Waals surface area (Å²) in [5.74, 6) is -0.319. The molecule has 0 atom stereocenters. The number of hydrogen-bond donors (Lipinski definition) is 2. The van der Waals surface area contributed by atoms with Crippen LogP contribution in [0.5, 0.6) is 5.75 Å². The number of carbonyl (C=O) groups excluding carboxylic acids is 2. The van der Waals surface area contributed by atoms with E-state index >= 15 is 0 Å². The molecule has 3 aromatic carbocycles. The molecule has 136 valence electrons. The number of hydrazone groups is 1. The van der Waals surface area contributed by atoms with Gasteiger partial charge in [-0.3, -0.25) is 9.59 Å².